The first kappa shape index (κ1) is 59.9. The van der Waals surface area contributed by atoms with E-state index in [1.54, 1.807) is 52.1 Å². The van der Waals surface area contributed by atoms with Crippen molar-refractivity contribution in [1.82, 2.24) is 36.1 Å². The van der Waals surface area contributed by atoms with E-state index in [1.165, 1.54) is 117 Å². The van der Waals surface area contributed by atoms with Crippen molar-refractivity contribution in [3.8, 4) is 23.0 Å². The summed E-state index contributed by atoms with van der Waals surface area (Å²) < 4.78 is 50.1. The van der Waals surface area contributed by atoms with E-state index in [9.17, 15) is 47.4 Å². The number of nitrogens with one attached hydrogen (secondary N) is 4. The second kappa shape index (κ2) is 27.3. The number of nitrogens with zero attached hydrogens (tertiary/aromatic N) is 3. The van der Waals surface area contributed by atoms with Crippen molar-refractivity contribution >= 4 is 41.4 Å². The van der Waals surface area contributed by atoms with Crippen LogP contribution in [0.25, 0.3) is 0 Å². The van der Waals surface area contributed by atoms with E-state index < -0.39 is 76.1 Å². The van der Waals surface area contributed by atoms with Crippen LogP contribution in [0, 0.1) is 11.6 Å². The van der Waals surface area contributed by atoms with Gasteiger partial charge in [-0.2, -0.15) is 0 Å². The Hall–Kier alpha value is -9.35. The van der Waals surface area contributed by atoms with Gasteiger partial charge in [0, 0.05) is 79.3 Å². The zero-order valence-corrected chi connectivity index (χ0v) is 44.5. The highest BCUT2D eigenvalue weighted by atomic mass is 19.1. The highest BCUT2D eigenvalue weighted by Gasteiger charge is 2.37. The molecule has 0 bridgehead atoms. The molecular formula is C57H60F2N8O13. The van der Waals surface area contributed by atoms with Crippen LogP contribution in [0.4, 0.5) is 13.6 Å². The summed E-state index contributed by atoms with van der Waals surface area (Å²) in [7, 11) is 2.56. The number of halogens is 2. The molecule has 0 unspecified atom stereocenters. The quantitative estimate of drug-likeness (QED) is 0.0617. The zero-order chi connectivity index (χ0) is 58.3. The summed E-state index contributed by atoms with van der Waals surface area (Å²) in [5.41, 5.74) is 6.21. The highest BCUT2D eigenvalue weighted by Crippen LogP contribution is 2.32. The second-order valence-electron chi connectivity index (χ2n) is 18.9. The van der Waals surface area contributed by atoms with Gasteiger partial charge in [-0.25, -0.2) is 18.4 Å². The van der Waals surface area contributed by atoms with Crippen LogP contribution in [0.5, 0.6) is 23.0 Å². The van der Waals surface area contributed by atoms with E-state index in [0.717, 1.165) is 0 Å². The molecule has 2 aromatic heterocycles. The molecule has 420 valence electrons. The number of aromatic hydroxyl groups is 1. The molecule has 0 aliphatic carbocycles. The normalized spacial score (nSPS) is 16.3. The predicted octanol–water partition coefficient (Wildman–Crippen LogP) is 5.59. The number of nitrogens with two attached hydrogens (primary N) is 1. The van der Waals surface area contributed by atoms with Gasteiger partial charge in [-0.15, -0.1) is 0 Å². The number of hydrogen-bond acceptors (Lipinski definition) is 16. The number of aromatic nitrogens is 2. The summed E-state index contributed by atoms with van der Waals surface area (Å²) in [5, 5.41) is 30.1. The zero-order valence-electron chi connectivity index (χ0n) is 44.5. The Labute approximate surface area is 458 Å². The van der Waals surface area contributed by atoms with Crippen molar-refractivity contribution in [2.24, 2.45) is 5.73 Å². The monoisotopic (exact) mass is 1100 g/mol. The molecule has 23 heteroatoms. The molecule has 6 aromatic rings. The van der Waals surface area contributed by atoms with Gasteiger partial charge in [0.2, 0.25) is 0 Å². The lowest BCUT2D eigenvalue weighted by Gasteiger charge is -2.24. The fourth-order valence-corrected chi connectivity index (χ4v) is 8.12. The Bertz CT molecular complexity index is 3180. The number of hydrogen-bond donors (Lipinski definition) is 7. The Morgan fingerprint density at radius 2 is 1.09 bits per heavy atom. The minimum atomic E-state index is -0.965. The van der Waals surface area contributed by atoms with Crippen molar-refractivity contribution in [2.45, 2.75) is 57.5 Å². The molecule has 4 atom stereocenters. The van der Waals surface area contributed by atoms with Crippen LogP contribution in [0.15, 0.2) is 122 Å². The number of carbonyl (C=O) groups excluding carboxylic acids is 6. The van der Waals surface area contributed by atoms with Gasteiger partial charge in [0.15, 0.2) is 34.7 Å². The number of rotatable bonds is 15. The number of carboxylic acids is 1. The van der Waals surface area contributed by atoms with Crippen LogP contribution in [0.2, 0.25) is 0 Å². The lowest BCUT2D eigenvalue weighted by Crippen LogP contribution is -2.51. The van der Waals surface area contributed by atoms with Gasteiger partial charge in [-0.05, 0) is 100 Å². The predicted molar refractivity (Wildman–Crippen MR) is 286 cm³/mol. The SMILES string of the molecule is CCOc1ccc(OC)c(F)c1C(=O)c1ccc(C(=O)N[C@@H]2CN(C(=O)OC(C)(C)C)C[C@H]2N)cc1.COc1ccc(O)c(C(=O)c2ccc(C(=O)N[C@@H]3CNC[C@H]3NC(=O)c3cccnc3)cc2)c1F.O=C(O)c1cccnc1. The molecule has 4 heterocycles. The summed E-state index contributed by atoms with van der Waals surface area (Å²) in [6.07, 6.45) is 5.39. The first-order chi connectivity index (χ1) is 38.1. The number of ketones is 2. The van der Waals surface area contributed by atoms with Crippen molar-refractivity contribution in [3.63, 3.8) is 0 Å². The molecule has 2 saturated heterocycles. The van der Waals surface area contributed by atoms with Crippen LogP contribution >= 0.6 is 0 Å². The third-order valence-corrected chi connectivity index (χ3v) is 12.2. The summed E-state index contributed by atoms with van der Waals surface area (Å²) in [6, 6.07) is 21.5. The molecule has 21 nitrogen and oxygen atoms in total. The second-order valence-corrected chi connectivity index (χ2v) is 18.9. The summed E-state index contributed by atoms with van der Waals surface area (Å²) in [5.74, 6) is -5.83. The molecule has 0 radical (unpaired) electrons. The number of likely N-dealkylation sites (tertiary alicyclic amines) is 1. The van der Waals surface area contributed by atoms with E-state index in [2.05, 4.69) is 31.2 Å². The maximum atomic E-state index is 14.9. The van der Waals surface area contributed by atoms with Crippen LogP contribution in [-0.2, 0) is 4.74 Å². The highest BCUT2D eigenvalue weighted by molar-refractivity contribution is 6.12. The summed E-state index contributed by atoms with van der Waals surface area (Å²) in [4.78, 5) is 95.4. The molecule has 0 saturated carbocycles. The molecule has 4 aromatic carbocycles. The topological polar surface area (TPSA) is 300 Å². The minimum Gasteiger partial charge on any atom is -0.507 e. The van der Waals surface area contributed by atoms with Gasteiger partial charge in [0.1, 0.15) is 28.2 Å². The van der Waals surface area contributed by atoms with Gasteiger partial charge in [-0.1, -0.05) is 24.3 Å². The molecule has 80 heavy (non-hydrogen) atoms. The van der Waals surface area contributed by atoms with Crippen molar-refractivity contribution in [1.29, 1.82) is 0 Å². The number of pyridine rings is 2. The van der Waals surface area contributed by atoms with Gasteiger partial charge < -0.3 is 61.1 Å². The molecule has 0 spiro atoms. The Morgan fingerprint density at radius 1 is 0.637 bits per heavy atom. The number of benzene rings is 4. The first-order valence-electron chi connectivity index (χ1n) is 24.9. The smallest absolute Gasteiger partial charge is 0.410 e. The van der Waals surface area contributed by atoms with Crippen molar-refractivity contribution in [3.05, 3.63) is 178 Å². The summed E-state index contributed by atoms with van der Waals surface area (Å²) >= 11 is 0. The lowest BCUT2D eigenvalue weighted by atomic mass is 10.00. The standard InChI is InChI=1S/C26H32FN3O6.C25H23FN4O5.C6H5NO2/c1-6-35-19-11-12-20(34-5)22(27)21(19)23(31)15-7-9-16(10-8-15)24(32)29-18-14-30(13-17(18)28)25(33)36-26(2,3)4;1-35-20-9-8-19(31)21(22(20)26)23(32)14-4-6-15(7-5-14)24(33)29-17-12-28-13-18(17)30-25(34)16-3-2-10-27-11-16;8-6(9)5-2-1-3-7-4-5/h7-12,17-18H,6,13-14,28H2,1-5H3,(H,29,32);2-11,17-18,28,31H,12-13H2,1H3,(H,29,33)(H,30,34);1-4H,(H,8,9)/t2*17-,18-;/m11./s1. The number of phenolic OH excluding ortho intramolecular Hbond substituents is 1. The first-order valence-corrected chi connectivity index (χ1v) is 24.9. The number of ether oxygens (including phenoxy) is 4. The van der Waals surface area contributed by atoms with Crippen molar-refractivity contribution < 1.29 is 71.5 Å². The minimum absolute atomic E-state index is 0.0777. The van der Waals surface area contributed by atoms with Gasteiger partial charge >= 0.3 is 12.1 Å². The average Bonchev–Trinajstić information content (AvgIpc) is 4.05. The molecule has 2 aliphatic heterocycles. The van der Waals surface area contributed by atoms with E-state index in [4.69, 9.17) is 29.8 Å². The number of aromatic carboxylic acids is 1. The number of amides is 4. The number of carbonyl (C=O) groups is 7. The molecule has 8 rings (SSSR count). The fraction of sp³-hybridized carbons (Fsp3) is 0.281. The van der Waals surface area contributed by atoms with Crippen LogP contribution in [0.3, 0.4) is 0 Å². The Kier molecular flexibility index (Phi) is 20.4. The van der Waals surface area contributed by atoms with Crippen molar-refractivity contribution in [2.75, 3.05) is 47.0 Å². The summed E-state index contributed by atoms with van der Waals surface area (Å²) in [6.45, 7) is 8.72. The van der Waals surface area contributed by atoms with Gasteiger partial charge in [0.05, 0.1) is 50.1 Å². The molecule has 2 fully saturated rings. The average molecular weight is 1100 g/mol. The maximum absolute atomic E-state index is 14.9. The van der Waals surface area contributed by atoms with E-state index in [-0.39, 0.29) is 88.3 Å². The largest absolute Gasteiger partial charge is 0.507 e. The van der Waals surface area contributed by atoms with E-state index in [1.807, 2.05) is 0 Å². The van der Waals surface area contributed by atoms with Crippen LogP contribution < -0.4 is 41.2 Å². The van der Waals surface area contributed by atoms with Gasteiger partial charge in [-0.3, -0.25) is 33.9 Å². The Morgan fingerprint density at radius 3 is 1.55 bits per heavy atom. The third kappa shape index (κ3) is 15.4. The van der Waals surface area contributed by atoms with Crippen LogP contribution in [0.1, 0.15) is 101 Å². The number of carboxylic acid groups (broad SMARTS) is 1. The Balaban J connectivity index is 0.000000223. The lowest BCUT2D eigenvalue weighted by molar-refractivity contribution is 0.0287. The van der Waals surface area contributed by atoms with E-state index in [0.29, 0.717) is 18.7 Å². The molecular weight excluding hydrogens is 1040 g/mol. The van der Waals surface area contributed by atoms with Gasteiger partial charge in [0.25, 0.3) is 17.7 Å². The van der Waals surface area contributed by atoms with Crippen LogP contribution in [-0.4, -0.2) is 143 Å². The molecule has 4 amide bonds. The third-order valence-electron chi connectivity index (χ3n) is 12.2. The number of methoxy groups -OCH3 is 2. The maximum Gasteiger partial charge on any atom is 0.410 e. The molecule has 8 N–H and O–H groups in total. The van der Waals surface area contributed by atoms with E-state index >= 15 is 0 Å². The number of phenols is 1. The fourth-order valence-electron chi connectivity index (χ4n) is 8.12. The molecule has 2 aliphatic rings.